The molecule has 0 radical (unpaired) electrons. The molecular weight excluding hydrogens is 452 g/mol. The van der Waals surface area contributed by atoms with Crippen LogP contribution in [0.25, 0.3) is 5.82 Å². The number of nitrogens with zero attached hydrogens (tertiary/aromatic N) is 4. The first kappa shape index (κ1) is 23.2. The van der Waals surface area contributed by atoms with Crippen LogP contribution in [0.3, 0.4) is 0 Å². The van der Waals surface area contributed by atoms with Gasteiger partial charge in [-0.2, -0.15) is 5.10 Å². The molecule has 4 rings (SSSR count). The van der Waals surface area contributed by atoms with Gasteiger partial charge in [-0.25, -0.2) is 13.1 Å². The van der Waals surface area contributed by atoms with Crippen molar-refractivity contribution in [3.05, 3.63) is 77.6 Å². The van der Waals surface area contributed by atoms with Crippen LogP contribution in [0.5, 0.6) is 5.75 Å². The van der Waals surface area contributed by atoms with Crippen molar-refractivity contribution in [2.45, 2.75) is 32.6 Å². The van der Waals surface area contributed by atoms with Crippen molar-refractivity contribution in [1.82, 2.24) is 20.0 Å². The van der Waals surface area contributed by atoms with Crippen molar-refractivity contribution >= 4 is 27.2 Å². The summed E-state index contributed by atoms with van der Waals surface area (Å²) in [5.74, 6) is 1.82. The number of benzene rings is 2. The molecule has 34 heavy (non-hydrogen) atoms. The number of hydrogen-bond acceptors (Lipinski definition) is 7. The molecule has 0 aliphatic rings. The molecule has 176 valence electrons. The molecule has 0 aliphatic carbocycles. The van der Waals surface area contributed by atoms with Crippen LogP contribution >= 0.6 is 0 Å². The summed E-state index contributed by atoms with van der Waals surface area (Å²) in [4.78, 5) is 0.159. The van der Waals surface area contributed by atoms with E-state index in [0.717, 1.165) is 22.6 Å². The molecule has 2 N–H and O–H groups in total. The predicted octanol–water partition coefficient (Wildman–Crippen LogP) is 4.53. The third-order valence-corrected chi connectivity index (χ3v) is 6.77. The molecule has 0 unspecified atom stereocenters. The summed E-state index contributed by atoms with van der Waals surface area (Å²) < 4.78 is 35.0. The van der Waals surface area contributed by atoms with Gasteiger partial charge in [-0.15, -0.1) is 10.2 Å². The van der Waals surface area contributed by atoms with Crippen molar-refractivity contribution < 1.29 is 13.2 Å². The molecule has 0 spiro atoms. The second-order valence-electron chi connectivity index (χ2n) is 7.70. The number of hydrogen-bond donors (Lipinski definition) is 2. The van der Waals surface area contributed by atoms with Crippen molar-refractivity contribution in [3.63, 3.8) is 0 Å². The van der Waals surface area contributed by atoms with E-state index in [9.17, 15) is 8.42 Å². The fourth-order valence-corrected chi connectivity index (χ4v) is 4.37. The smallest absolute Gasteiger partial charge is 0.261 e. The quantitative estimate of drug-likeness (QED) is 0.383. The minimum absolute atomic E-state index is 0.159. The second-order valence-corrected chi connectivity index (χ2v) is 9.38. The summed E-state index contributed by atoms with van der Waals surface area (Å²) in [6.45, 7) is 8.37. The lowest BCUT2D eigenvalue weighted by Gasteiger charge is -2.11. The zero-order chi connectivity index (χ0) is 24.3. The van der Waals surface area contributed by atoms with Gasteiger partial charge in [0, 0.05) is 17.1 Å². The average Bonchev–Trinajstić information content (AvgIpc) is 3.08. The minimum Gasteiger partial charge on any atom is -0.494 e. The summed E-state index contributed by atoms with van der Waals surface area (Å²) in [5, 5.41) is 16.2. The number of ether oxygens (including phenoxy) is 1. The highest BCUT2D eigenvalue weighted by molar-refractivity contribution is 7.92. The average molecular weight is 479 g/mol. The topological polar surface area (TPSA) is 111 Å². The van der Waals surface area contributed by atoms with E-state index < -0.39 is 10.0 Å². The lowest BCUT2D eigenvalue weighted by Crippen LogP contribution is -2.12. The fraction of sp³-hybridized carbons (Fsp3) is 0.208. The van der Waals surface area contributed by atoms with Crippen LogP contribution in [0.1, 0.15) is 23.9 Å². The number of aryl methyl sites for hydroxylation is 1. The third-order valence-electron chi connectivity index (χ3n) is 5.38. The van der Waals surface area contributed by atoms with Gasteiger partial charge < -0.3 is 10.1 Å². The van der Waals surface area contributed by atoms with E-state index in [2.05, 4.69) is 25.3 Å². The Morgan fingerprint density at radius 3 is 2.12 bits per heavy atom. The highest BCUT2D eigenvalue weighted by Gasteiger charge is 2.14. The van der Waals surface area contributed by atoms with Gasteiger partial charge in [-0.3, -0.25) is 4.72 Å². The Bertz CT molecular complexity index is 1380. The van der Waals surface area contributed by atoms with Crippen molar-refractivity contribution in [1.29, 1.82) is 0 Å². The largest absolute Gasteiger partial charge is 0.494 e. The van der Waals surface area contributed by atoms with Crippen molar-refractivity contribution in [2.24, 2.45) is 0 Å². The van der Waals surface area contributed by atoms with E-state index in [0.29, 0.717) is 29.7 Å². The van der Waals surface area contributed by atoms with Crippen LogP contribution in [0.2, 0.25) is 0 Å². The highest BCUT2D eigenvalue weighted by atomic mass is 32.2. The second kappa shape index (κ2) is 9.52. The molecule has 4 aromatic rings. The number of anilines is 3. The maximum atomic E-state index is 12.6. The van der Waals surface area contributed by atoms with Crippen LogP contribution in [0.4, 0.5) is 17.2 Å². The van der Waals surface area contributed by atoms with E-state index in [4.69, 9.17) is 4.74 Å². The van der Waals surface area contributed by atoms with E-state index >= 15 is 0 Å². The lowest BCUT2D eigenvalue weighted by molar-refractivity contribution is 0.340. The first-order valence-electron chi connectivity index (χ1n) is 10.8. The van der Waals surface area contributed by atoms with Crippen LogP contribution in [0.15, 0.2) is 65.6 Å². The number of nitrogens with one attached hydrogen (secondary N) is 2. The Morgan fingerprint density at radius 1 is 0.882 bits per heavy atom. The van der Waals surface area contributed by atoms with Crippen LogP contribution in [-0.2, 0) is 10.0 Å². The Morgan fingerprint density at radius 2 is 1.56 bits per heavy atom. The van der Waals surface area contributed by atoms with Gasteiger partial charge in [0.1, 0.15) is 5.75 Å². The molecule has 0 amide bonds. The molecule has 0 saturated heterocycles. The minimum atomic E-state index is -3.71. The summed E-state index contributed by atoms with van der Waals surface area (Å²) >= 11 is 0. The van der Waals surface area contributed by atoms with Crippen molar-refractivity contribution in [2.75, 3.05) is 16.6 Å². The molecule has 2 aromatic heterocycles. The first-order chi connectivity index (χ1) is 16.3. The molecule has 2 aromatic carbocycles. The molecule has 0 fully saturated rings. The number of rotatable bonds is 8. The summed E-state index contributed by atoms with van der Waals surface area (Å²) in [6, 6.07) is 16.8. The summed E-state index contributed by atoms with van der Waals surface area (Å²) in [7, 11) is -3.71. The highest BCUT2D eigenvalue weighted by Crippen LogP contribution is 2.22. The molecule has 0 atom stereocenters. The van der Waals surface area contributed by atoms with Gasteiger partial charge in [-0.05, 0) is 93.9 Å². The van der Waals surface area contributed by atoms with Gasteiger partial charge in [0.15, 0.2) is 11.6 Å². The first-order valence-corrected chi connectivity index (χ1v) is 12.2. The summed E-state index contributed by atoms with van der Waals surface area (Å²) in [5.41, 5.74) is 4.30. The maximum Gasteiger partial charge on any atom is 0.261 e. The monoisotopic (exact) mass is 478 g/mol. The Labute approximate surface area is 198 Å². The van der Waals surface area contributed by atoms with Gasteiger partial charge in [0.25, 0.3) is 10.0 Å². The Balaban J connectivity index is 1.42. The molecular formula is C24H26N6O3S. The zero-order valence-corrected chi connectivity index (χ0v) is 20.2. The molecule has 10 heteroatoms. The van der Waals surface area contributed by atoms with Crippen LogP contribution in [-0.4, -0.2) is 35.0 Å². The van der Waals surface area contributed by atoms with Crippen molar-refractivity contribution in [3.8, 4) is 11.6 Å². The van der Waals surface area contributed by atoms with Crippen LogP contribution in [0, 0.1) is 20.8 Å². The van der Waals surface area contributed by atoms with E-state index in [-0.39, 0.29) is 4.90 Å². The maximum absolute atomic E-state index is 12.6. The van der Waals surface area contributed by atoms with Gasteiger partial charge >= 0.3 is 0 Å². The van der Waals surface area contributed by atoms with E-state index in [1.54, 1.807) is 41.1 Å². The lowest BCUT2D eigenvalue weighted by atomic mass is 10.2. The Hall–Kier alpha value is -3.92. The Kier molecular flexibility index (Phi) is 6.51. The predicted molar refractivity (Wildman–Crippen MR) is 132 cm³/mol. The molecule has 0 bridgehead atoms. The third kappa shape index (κ3) is 5.01. The molecule has 0 saturated carbocycles. The standard InChI is InChI=1S/C24H26N6O3S/c1-5-33-21-10-12-22(13-11-21)34(31,32)29-20-8-6-19(7-9-20)25-23-14-15-24(27-26-23)30-18(4)16(2)17(3)28-30/h6-15,29H,5H2,1-4H3,(H,25,26). The fourth-order valence-electron chi connectivity index (χ4n) is 3.31. The number of aromatic nitrogens is 4. The number of sulfonamides is 1. The van der Waals surface area contributed by atoms with Gasteiger partial charge in [-0.1, -0.05) is 0 Å². The van der Waals surface area contributed by atoms with E-state index in [1.165, 1.54) is 12.1 Å². The van der Waals surface area contributed by atoms with E-state index in [1.807, 2.05) is 39.8 Å². The molecule has 2 heterocycles. The molecule has 0 aliphatic heterocycles. The molecule has 9 nitrogen and oxygen atoms in total. The van der Waals surface area contributed by atoms with Crippen LogP contribution < -0.4 is 14.8 Å². The zero-order valence-electron chi connectivity index (χ0n) is 19.4. The SMILES string of the molecule is CCOc1ccc(S(=O)(=O)Nc2ccc(Nc3ccc(-n4nc(C)c(C)c4C)nn3)cc2)cc1. The normalized spacial score (nSPS) is 11.3. The van der Waals surface area contributed by atoms with Gasteiger partial charge in [0.05, 0.1) is 17.2 Å². The van der Waals surface area contributed by atoms with Gasteiger partial charge in [0.2, 0.25) is 0 Å². The summed E-state index contributed by atoms with van der Waals surface area (Å²) in [6.07, 6.45) is 0.